The zero-order valence-corrected chi connectivity index (χ0v) is 23.1. The molecule has 2 N–H and O–H groups in total. The average molecular weight is 549 g/mol. The topological polar surface area (TPSA) is 117 Å². The molecule has 1 saturated heterocycles. The Morgan fingerprint density at radius 1 is 1.05 bits per heavy atom. The lowest BCUT2D eigenvalue weighted by Crippen LogP contribution is -2.63. The summed E-state index contributed by atoms with van der Waals surface area (Å²) in [5.74, 6) is -0.770. The molecule has 4 rings (SSSR count). The van der Waals surface area contributed by atoms with Gasteiger partial charge in [0.2, 0.25) is 11.8 Å². The Kier molecular flexibility index (Phi) is 9.08. The summed E-state index contributed by atoms with van der Waals surface area (Å²) in [6.45, 7) is 5.49. The zero-order chi connectivity index (χ0) is 28.7. The predicted octanol–water partition coefficient (Wildman–Crippen LogP) is 4.07. The van der Waals surface area contributed by atoms with E-state index in [-0.39, 0.29) is 25.6 Å². The first-order valence-electron chi connectivity index (χ1n) is 13.4. The van der Waals surface area contributed by atoms with Crippen LogP contribution in [0.25, 0.3) is 0 Å². The van der Waals surface area contributed by atoms with Crippen molar-refractivity contribution < 1.29 is 28.7 Å². The lowest BCUT2D eigenvalue weighted by atomic mass is 10.0. The summed E-state index contributed by atoms with van der Waals surface area (Å²) in [6.07, 6.45) is 3.72. The minimum absolute atomic E-state index is 0.0138. The van der Waals surface area contributed by atoms with Crippen LogP contribution >= 0.6 is 0 Å². The summed E-state index contributed by atoms with van der Waals surface area (Å²) in [5, 5.41) is 5.81. The van der Waals surface area contributed by atoms with E-state index in [0.717, 1.165) is 11.1 Å². The predicted molar refractivity (Wildman–Crippen MR) is 149 cm³/mol. The van der Waals surface area contributed by atoms with Gasteiger partial charge in [-0.05, 0) is 56.9 Å². The molecule has 40 heavy (non-hydrogen) atoms. The fourth-order valence-electron chi connectivity index (χ4n) is 4.58. The van der Waals surface area contributed by atoms with Crippen molar-refractivity contribution in [1.82, 2.24) is 15.5 Å². The Labute approximate surface area is 234 Å². The van der Waals surface area contributed by atoms with Crippen LogP contribution in [0, 0.1) is 0 Å². The van der Waals surface area contributed by atoms with Crippen LogP contribution < -0.4 is 15.5 Å². The highest BCUT2D eigenvalue weighted by atomic mass is 16.6. The van der Waals surface area contributed by atoms with E-state index in [4.69, 9.17) is 9.47 Å². The summed E-state index contributed by atoms with van der Waals surface area (Å²) in [5.41, 5.74) is 1.38. The summed E-state index contributed by atoms with van der Waals surface area (Å²) in [7, 11) is 0. The normalized spacial score (nSPS) is 20.6. The molecule has 2 heterocycles. The number of fused-ring (bicyclic) bond motifs is 4. The van der Waals surface area contributed by atoms with Crippen LogP contribution in [-0.2, 0) is 25.7 Å². The molecular formula is C30H36N4O6. The highest BCUT2D eigenvalue weighted by Crippen LogP contribution is 2.28. The standard InChI is InChI=1S/C30H36N4O6/c1-30(2,3)40-29(38)33-18-25-27(36)31-16-9-5-8-15-24(32-28(37)39-20-21-11-6-4-7-12-21)22-13-10-14-23(17-22)34(25)26(35)19-33/h4-8,10-14,17,24-25H,9,15-16,18-20H2,1-3H3,(H,31,36)(H,32,37)/b8-5-/t24-,25+/m0/s1. The second kappa shape index (κ2) is 12.7. The van der Waals surface area contributed by atoms with Gasteiger partial charge in [0.15, 0.2) is 0 Å². The third-order valence-electron chi connectivity index (χ3n) is 6.46. The second-order valence-corrected chi connectivity index (χ2v) is 10.8. The Hall–Kier alpha value is -4.34. The molecule has 0 spiro atoms. The number of hydrogen-bond acceptors (Lipinski definition) is 6. The number of anilines is 1. The highest BCUT2D eigenvalue weighted by molar-refractivity contribution is 6.04. The van der Waals surface area contributed by atoms with Gasteiger partial charge in [0.25, 0.3) is 0 Å². The Bertz CT molecular complexity index is 1260. The summed E-state index contributed by atoms with van der Waals surface area (Å²) in [4.78, 5) is 54.8. The van der Waals surface area contributed by atoms with Crippen molar-refractivity contribution in [3.63, 3.8) is 0 Å². The van der Waals surface area contributed by atoms with Crippen LogP contribution in [0.3, 0.4) is 0 Å². The van der Waals surface area contributed by atoms with E-state index in [2.05, 4.69) is 10.6 Å². The maximum atomic E-state index is 13.4. The molecular weight excluding hydrogens is 512 g/mol. The van der Waals surface area contributed by atoms with Gasteiger partial charge in [0, 0.05) is 12.2 Å². The van der Waals surface area contributed by atoms with E-state index in [1.807, 2.05) is 48.6 Å². The molecule has 4 amide bonds. The van der Waals surface area contributed by atoms with E-state index in [1.54, 1.807) is 39.0 Å². The maximum Gasteiger partial charge on any atom is 0.410 e. The average Bonchev–Trinajstić information content (AvgIpc) is 2.92. The number of carbonyl (C=O) groups excluding carboxylic acids is 4. The largest absolute Gasteiger partial charge is 0.445 e. The van der Waals surface area contributed by atoms with Crippen molar-refractivity contribution in [3.8, 4) is 0 Å². The molecule has 2 bridgehead atoms. The minimum Gasteiger partial charge on any atom is -0.445 e. The second-order valence-electron chi connectivity index (χ2n) is 10.8. The number of amides is 4. The number of hydrogen-bond donors (Lipinski definition) is 2. The Morgan fingerprint density at radius 3 is 2.58 bits per heavy atom. The monoisotopic (exact) mass is 548 g/mol. The van der Waals surface area contributed by atoms with Crippen molar-refractivity contribution in [2.45, 2.75) is 57.9 Å². The SMILES string of the molecule is CC(C)(C)OC(=O)N1CC(=O)N2c3cccc(c3)[C@@H](NC(=O)OCc3ccccc3)C/C=C\CCNC(=O)[C@H]2C1. The van der Waals surface area contributed by atoms with Crippen LogP contribution in [0.5, 0.6) is 0 Å². The minimum atomic E-state index is -0.948. The lowest BCUT2D eigenvalue weighted by Gasteiger charge is -2.40. The van der Waals surface area contributed by atoms with Crippen molar-refractivity contribution in [3.05, 3.63) is 77.9 Å². The van der Waals surface area contributed by atoms with E-state index >= 15 is 0 Å². The number of piperazine rings is 1. The third-order valence-corrected chi connectivity index (χ3v) is 6.46. The number of nitrogens with one attached hydrogen (secondary N) is 2. The molecule has 0 aromatic heterocycles. The molecule has 2 atom stereocenters. The van der Waals surface area contributed by atoms with Gasteiger partial charge in [0.05, 0.1) is 12.6 Å². The van der Waals surface area contributed by atoms with Gasteiger partial charge in [-0.2, -0.15) is 0 Å². The number of benzene rings is 2. The van der Waals surface area contributed by atoms with E-state index in [9.17, 15) is 19.2 Å². The van der Waals surface area contributed by atoms with Gasteiger partial charge in [-0.1, -0.05) is 54.6 Å². The van der Waals surface area contributed by atoms with Crippen LogP contribution in [0.2, 0.25) is 0 Å². The number of nitrogens with zero attached hydrogens (tertiary/aromatic N) is 2. The molecule has 2 aromatic rings. The Morgan fingerprint density at radius 2 is 1.82 bits per heavy atom. The number of ether oxygens (including phenoxy) is 2. The first kappa shape index (κ1) is 28.7. The highest BCUT2D eigenvalue weighted by Gasteiger charge is 2.41. The molecule has 10 nitrogen and oxygen atoms in total. The van der Waals surface area contributed by atoms with Crippen LogP contribution in [-0.4, -0.2) is 60.2 Å². The summed E-state index contributed by atoms with van der Waals surface area (Å²) < 4.78 is 10.9. The third kappa shape index (κ3) is 7.62. The smallest absolute Gasteiger partial charge is 0.410 e. The fraction of sp³-hybridized carbons (Fsp3) is 0.400. The molecule has 212 valence electrons. The van der Waals surface area contributed by atoms with E-state index in [0.29, 0.717) is 25.1 Å². The van der Waals surface area contributed by atoms with Gasteiger partial charge >= 0.3 is 12.2 Å². The molecule has 2 aliphatic rings. The number of carbonyl (C=O) groups is 4. The fourth-order valence-corrected chi connectivity index (χ4v) is 4.58. The first-order chi connectivity index (χ1) is 19.1. The molecule has 2 aromatic carbocycles. The summed E-state index contributed by atoms with van der Waals surface area (Å²) >= 11 is 0. The van der Waals surface area contributed by atoms with E-state index in [1.165, 1.54) is 9.80 Å². The van der Waals surface area contributed by atoms with E-state index < -0.39 is 35.8 Å². The van der Waals surface area contributed by atoms with Gasteiger partial charge < -0.3 is 20.1 Å². The van der Waals surface area contributed by atoms with Gasteiger partial charge in [-0.15, -0.1) is 0 Å². The van der Waals surface area contributed by atoms with Gasteiger partial charge in [-0.25, -0.2) is 9.59 Å². The number of rotatable bonds is 3. The van der Waals surface area contributed by atoms with Crippen LogP contribution in [0.15, 0.2) is 66.7 Å². The molecule has 1 fully saturated rings. The van der Waals surface area contributed by atoms with Gasteiger partial charge in [-0.3, -0.25) is 19.4 Å². The quantitative estimate of drug-likeness (QED) is 0.559. The van der Waals surface area contributed by atoms with Crippen molar-refractivity contribution in [1.29, 1.82) is 0 Å². The maximum absolute atomic E-state index is 13.4. The van der Waals surface area contributed by atoms with Crippen molar-refractivity contribution >= 4 is 29.7 Å². The molecule has 10 heteroatoms. The molecule has 0 aliphatic carbocycles. The molecule has 2 aliphatic heterocycles. The Balaban J connectivity index is 1.58. The molecule has 0 unspecified atom stereocenters. The molecule has 0 saturated carbocycles. The lowest BCUT2D eigenvalue weighted by molar-refractivity contribution is -0.129. The molecule has 0 radical (unpaired) electrons. The van der Waals surface area contributed by atoms with Crippen LogP contribution in [0.1, 0.15) is 50.8 Å². The first-order valence-corrected chi connectivity index (χ1v) is 13.4. The van der Waals surface area contributed by atoms with Crippen molar-refractivity contribution in [2.75, 3.05) is 24.5 Å². The number of alkyl carbamates (subject to hydrolysis) is 1. The van der Waals surface area contributed by atoms with Crippen LogP contribution in [0.4, 0.5) is 15.3 Å². The zero-order valence-electron chi connectivity index (χ0n) is 23.1. The van der Waals surface area contributed by atoms with Crippen molar-refractivity contribution in [2.24, 2.45) is 0 Å². The van der Waals surface area contributed by atoms with Gasteiger partial charge in [0.1, 0.15) is 24.8 Å². The summed E-state index contributed by atoms with van der Waals surface area (Å²) in [6, 6.07) is 15.2.